The molecule has 0 atom stereocenters. The summed E-state index contributed by atoms with van der Waals surface area (Å²) in [5.74, 6) is 1.61. The third kappa shape index (κ3) is 7.57. The zero-order valence-electron chi connectivity index (χ0n) is 25.4. The minimum Gasteiger partial charge on any atom is -0.484 e. The van der Waals surface area contributed by atoms with Crippen molar-refractivity contribution in [3.63, 3.8) is 0 Å². The van der Waals surface area contributed by atoms with Crippen molar-refractivity contribution in [2.45, 2.75) is 47.6 Å². The Morgan fingerprint density at radius 2 is 1.84 bits per heavy atom. The SMILES string of the molecule is CC(C)C(=O)N1CCc2nc(-c3cccc(OCC(=O)NCC(C)(C)C)c3)nc(Nc3ccc(-c4cn[nH]c4)cc3)c2C1. The van der Waals surface area contributed by atoms with Crippen molar-refractivity contribution >= 4 is 23.3 Å². The molecule has 3 N–H and O–H groups in total. The Balaban J connectivity index is 1.41. The van der Waals surface area contributed by atoms with Gasteiger partial charge in [-0.2, -0.15) is 5.10 Å². The molecular weight excluding hydrogens is 542 g/mol. The first kappa shape index (κ1) is 29.8. The van der Waals surface area contributed by atoms with Crippen molar-refractivity contribution in [3.8, 4) is 28.3 Å². The van der Waals surface area contributed by atoms with E-state index in [1.165, 1.54) is 0 Å². The van der Waals surface area contributed by atoms with Gasteiger partial charge in [0.2, 0.25) is 5.91 Å². The van der Waals surface area contributed by atoms with Crippen molar-refractivity contribution < 1.29 is 14.3 Å². The summed E-state index contributed by atoms with van der Waals surface area (Å²) < 4.78 is 5.80. The van der Waals surface area contributed by atoms with Crippen LogP contribution >= 0.6 is 0 Å². The van der Waals surface area contributed by atoms with Gasteiger partial charge in [0.15, 0.2) is 12.4 Å². The van der Waals surface area contributed by atoms with Crippen LogP contribution in [0.25, 0.3) is 22.5 Å². The lowest BCUT2D eigenvalue weighted by Gasteiger charge is -2.31. The number of fused-ring (bicyclic) bond motifs is 1. The quantitative estimate of drug-likeness (QED) is 0.243. The average molecular weight is 582 g/mol. The van der Waals surface area contributed by atoms with E-state index in [4.69, 9.17) is 14.7 Å². The van der Waals surface area contributed by atoms with Gasteiger partial charge in [0, 0.05) is 54.0 Å². The van der Waals surface area contributed by atoms with E-state index in [2.05, 4.69) is 41.6 Å². The number of amides is 2. The van der Waals surface area contributed by atoms with E-state index < -0.39 is 0 Å². The first-order valence-electron chi connectivity index (χ1n) is 14.6. The normalized spacial score (nSPS) is 13.0. The van der Waals surface area contributed by atoms with Crippen molar-refractivity contribution in [1.29, 1.82) is 0 Å². The summed E-state index contributed by atoms with van der Waals surface area (Å²) in [4.78, 5) is 36.9. The number of rotatable bonds is 9. The summed E-state index contributed by atoms with van der Waals surface area (Å²) in [5.41, 5.74) is 5.49. The largest absolute Gasteiger partial charge is 0.484 e. The molecule has 0 saturated heterocycles. The van der Waals surface area contributed by atoms with Gasteiger partial charge < -0.3 is 20.3 Å². The lowest BCUT2D eigenvalue weighted by Crippen LogP contribution is -2.39. The van der Waals surface area contributed by atoms with Crippen LogP contribution in [0.15, 0.2) is 60.9 Å². The maximum Gasteiger partial charge on any atom is 0.257 e. The van der Waals surface area contributed by atoms with Gasteiger partial charge in [0.1, 0.15) is 11.6 Å². The van der Waals surface area contributed by atoms with Crippen LogP contribution in [-0.4, -0.2) is 56.6 Å². The van der Waals surface area contributed by atoms with Crippen LogP contribution in [-0.2, 0) is 22.6 Å². The molecule has 2 aromatic heterocycles. The summed E-state index contributed by atoms with van der Waals surface area (Å²) >= 11 is 0. The second-order valence-corrected chi connectivity index (χ2v) is 12.3. The molecule has 0 radical (unpaired) electrons. The number of carbonyl (C=O) groups is 2. The number of nitrogens with zero attached hydrogens (tertiary/aromatic N) is 4. The fraction of sp³-hybridized carbons (Fsp3) is 0.364. The molecule has 0 saturated carbocycles. The van der Waals surface area contributed by atoms with Crippen LogP contribution in [0.4, 0.5) is 11.5 Å². The number of aromatic amines is 1. The first-order chi connectivity index (χ1) is 20.6. The number of nitrogens with one attached hydrogen (secondary N) is 3. The Morgan fingerprint density at radius 1 is 1.05 bits per heavy atom. The molecule has 43 heavy (non-hydrogen) atoms. The van der Waals surface area contributed by atoms with Crippen LogP contribution in [0, 0.1) is 11.3 Å². The standard InChI is InChI=1S/C33H39N7O3/c1-21(2)32(42)40-14-13-28-27(18-40)31(37-25-11-9-22(10-12-25)24-16-35-36-17-24)39-30(38-28)23-7-6-8-26(15-23)43-19-29(41)34-20-33(3,4)5/h6-12,15-17,21H,13-14,18-20H2,1-5H3,(H,34,41)(H,35,36)(H,37,38,39). The fourth-order valence-corrected chi connectivity index (χ4v) is 4.78. The van der Waals surface area contributed by atoms with Gasteiger partial charge in [-0.15, -0.1) is 0 Å². The van der Waals surface area contributed by atoms with Gasteiger partial charge in [0.05, 0.1) is 18.4 Å². The maximum absolute atomic E-state index is 12.9. The lowest BCUT2D eigenvalue weighted by molar-refractivity contribution is -0.135. The minimum absolute atomic E-state index is 0.00786. The summed E-state index contributed by atoms with van der Waals surface area (Å²) in [5, 5.41) is 13.3. The highest BCUT2D eigenvalue weighted by Gasteiger charge is 2.27. The Labute approximate surface area is 252 Å². The molecule has 0 fully saturated rings. The molecule has 224 valence electrons. The van der Waals surface area contributed by atoms with Crippen LogP contribution < -0.4 is 15.4 Å². The topological polar surface area (TPSA) is 125 Å². The van der Waals surface area contributed by atoms with Crippen LogP contribution in [0.3, 0.4) is 0 Å². The zero-order chi connectivity index (χ0) is 30.6. The number of benzene rings is 2. The van der Waals surface area contributed by atoms with Gasteiger partial charge in [-0.05, 0) is 35.2 Å². The van der Waals surface area contributed by atoms with Gasteiger partial charge in [-0.3, -0.25) is 14.7 Å². The number of anilines is 2. The lowest BCUT2D eigenvalue weighted by atomic mass is 9.97. The molecule has 1 aliphatic heterocycles. The highest BCUT2D eigenvalue weighted by atomic mass is 16.5. The fourth-order valence-electron chi connectivity index (χ4n) is 4.78. The predicted octanol–water partition coefficient (Wildman–Crippen LogP) is 5.36. The number of hydrogen-bond donors (Lipinski definition) is 3. The Bertz CT molecular complexity index is 1580. The maximum atomic E-state index is 12.9. The molecule has 10 nitrogen and oxygen atoms in total. The van der Waals surface area contributed by atoms with E-state index in [0.29, 0.717) is 43.4 Å². The Hall–Kier alpha value is -4.73. The van der Waals surface area contributed by atoms with E-state index in [9.17, 15) is 9.59 Å². The molecule has 3 heterocycles. The molecule has 0 aliphatic carbocycles. The van der Waals surface area contributed by atoms with Crippen LogP contribution in [0.2, 0.25) is 0 Å². The number of H-pyrrole nitrogens is 1. The molecular formula is C33H39N7O3. The van der Waals surface area contributed by atoms with Crippen molar-refractivity contribution in [3.05, 3.63) is 72.2 Å². The molecule has 1 aliphatic rings. The van der Waals surface area contributed by atoms with Crippen molar-refractivity contribution in [1.82, 2.24) is 30.4 Å². The van der Waals surface area contributed by atoms with Crippen LogP contribution in [0.5, 0.6) is 5.75 Å². The number of ether oxygens (including phenoxy) is 1. The highest BCUT2D eigenvalue weighted by Crippen LogP contribution is 2.31. The Morgan fingerprint density at radius 3 is 2.53 bits per heavy atom. The van der Waals surface area contributed by atoms with E-state index in [0.717, 1.165) is 33.6 Å². The molecule has 2 amide bonds. The van der Waals surface area contributed by atoms with Crippen molar-refractivity contribution in [2.75, 3.05) is 25.0 Å². The number of hydrogen-bond acceptors (Lipinski definition) is 7. The summed E-state index contributed by atoms with van der Waals surface area (Å²) in [6, 6.07) is 15.5. The second kappa shape index (κ2) is 12.6. The van der Waals surface area contributed by atoms with E-state index in [1.807, 2.05) is 73.5 Å². The van der Waals surface area contributed by atoms with E-state index >= 15 is 0 Å². The van der Waals surface area contributed by atoms with E-state index in [1.54, 1.807) is 6.20 Å². The highest BCUT2D eigenvalue weighted by molar-refractivity contribution is 5.79. The Kier molecular flexibility index (Phi) is 8.75. The molecule has 0 unspecified atom stereocenters. The van der Waals surface area contributed by atoms with Crippen LogP contribution in [0.1, 0.15) is 45.9 Å². The average Bonchev–Trinajstić information content (AvgIpc) is 3.54. The first-order valence-corrected chi connectivity index (χ1v) is 14.6. The third-order valence-electron chi connectivity index (χ3n) is 7.12. The van der Waals surface area contributed by atoms with Gasteiger partial charge in [0.25, 0.3) is 5.91 Å². The predicted molar refractivity (Wildman–Crippen MR) is 167 cm³/mol. The zero-order valence-corrected chi connectivity index (χ0v) is 25.4. The van der Waals surface area contributed by atoms with Gasteiger partial charge in [-0.1, -0.05) is 58.9 Å². The summed E-state index contributed by atoms with van der Waals surface area (Å²) in [6.45, 7) is 11.6. The van der Waals surface area contributed by atoms with Gasteiger partial charge in [-0.25, -0.2) is 9.97 Å². The second-order valence-electron chi connectivity index (χ2n) is 12.3. The minimum atomic E-state index is -0.170. The molecule has 2 aromatic carbocycles. The number of aromatic nitrogens is 4. The monoisotopic (exact) mass is 581 g/mol. The summed E-state index contributed by atoms with van der Waals surface area (Å²) in [6.07, 6.45) is 4.26. The third-order valence-corrected chi connectivity index (χ3v) is 7.12. The molecule has 4 aromatic rings. The van der Waals surface area contributed by atoms with Crippen molar-refractivity contribution in [2.24, 2.45) is 11.3 Å². The number of carbonyl (C=O) groups excluding carboxylic acids is 2. The summed E-state index contributed by atoms with van der Waals surface area (Å²) in [7, 11) is 0. The molecule has 0 spiro atoms. The molecule has 5 rings (SSSR count). The smallest absolute Gasteiger partial charge is 0.257 e. The molecule has 0 bridgehead atoms. The van der Waals surface area contributed by atoms with Gasteiger partial charge >= 0.3 is 0 Å². The van der Waals surface area contributed by atoms with E-state index in [-0.39, 0.29) is 29.8 Å². The molecule has 10 heteroatoms.